The molecule has 1 N–H and O–H groups in total. The second-order valence-electron chi connectivity index (χ2n) is 5.76. The fourth-order valence-corrected chi connectivity index (χ4v) is 3.65. The maximum atomic E-state index is 11.5. The molecule has 7 heteroatoms. The van der Waals surface area contributed by atoms with Crippen molar-refractivity contribution in [3.63, 3.8) is 0 Å². The molecule has 2 heterocycles. The fourth-order valence-electron chi connectivity index (χ4n) is 3.00. The van der Waals surface area contributed by atoms with Gasteiger partial charge in [0.15, 0.2) is 0 Å². The molecule has 116 valence electrons. The van der Waals surface area contributed by atoms with Gasteiger partial charge in [-0.25, -0.2) is 13.1 Å². The van der Waals surface area contributed by atoms with E-state index in [2.05, 4.69) is 4.72 Å². The summed E-state index contributed by atoms with van der Waals surface area (Å²) in [4.78, 5) is 13.2. The number of nitrogens with zero attached hydrogens (tertiary/aromatic N) is 1. The molecule has 0 bridgehead atoms. The first-order valence-electron chi connectivity index (χ1n) is 7.26. The van der Waals surface area contributed by atoms with Crippen molar-refractivity contribution in [1.82, 2.24) is 9.62 Å². The summed E-state index contributed by atoms with van der Waals surface area (Å²) in [5.41, 5.74) is -0.258. The van der Waals surface area contributed by atoms with E-state index in [-0.39, 0.29) is 23.4 Å². The third kappa shape index (κ3) is 3.71. The van der Waals surface area contributed by atoms with Gasteiger partial charge < -0.3 is 9.64 Å². The Hall–Kier alpha value is -0.660. The molecule has 0 radical (unpaired) electrons. The van der Waals surface area contributed by atoms with Crippen molar-refractivity contribution in [3.05, 3.63) is 0 Å². The van der Waals surface area contributed by atoms with Crippen molar-refractivity contribution in [2.75, 3.05) is 25.4 Å². The van der Waals surface area contributed by atoms with Crippen LogP contribution in [0.5, 0.6) is 0 Å². The van der Waals surface area contributed by atoms with E-state index >= 15 is 0 Å². The third-order valence-electron chi connectivity index (χ3n) is 4.25. The number of hydrogen-bond donors (Lipinski definition) is 1. The molecule has 1 amide bonds. The Morgan fingerprint density at radius 1 is 1.45 bits per heavy atom. The van der Waals surface area contributed by atoms with Crippen LogP contribution in [-0.4, -0.2) is 56.3 Å². The molecule has 6 nitrogen and oxygen atoms in total. The maximum Gasteiger partial charge on any atom is 0.219 e. The number of likely N-dealkylation sites (tertiary alicyclic amines) is 1. The lowest BCUT2D eigenvalue weighted by atomic mass is 9.90. The van der Waals surface area contributed by atoms with Crippen LogP contribution in [0.1, 0.15) is 39.5 Å². The van der Waals surface area contributed by atoms with Crippen LogP contribution in [0.2, 0.25) is 0 Å². The van der Waals surface area contributed by atoms with Crippen LogP contribution in [0.15, 0.2) is 0 Å². The lowest BCUT2D eigenvalue weighted by Crippen LogP contribution is -2.47. The first-order valence-corrected chi connectivity index (χ1v) is 8.92. The van der Waals surface area contributed by atoms with Crippen molar-refractivity contribution in [2.45, 2.75) is 51.2 Å². The maximum absolute atomic E-state index is 11.5. The van der Waals surface area contributed by atoms with Gasteiger partial charge in [0.2, 0.25) is 15.9 Å². The highest BCUT2D eigenvalue weighted by atomic mass is 32.2. The van der Waals surface area contributed by atoms with E-state index in [4.69, 9.17) is 4.74 Å². The van der Waals surface area contributed by atoms with Crippen LogP contribution in [0.4, 0.5) is 0 Å². The van der Waals surface area contributed by atoms with Crippen molar-refractivity contribution in [1.29, 1.82) is 0 Å². The minimum Gasteiger partial charge on any atom is -0.368 e. The average Bonchev–Trinajstić information content (AvgIpc) is 2.81. The van der Waals surface area contributed by atoms with Gasteiger partial charge in [0, 0.05) is 26.6 Å². The predicted molar refractivity (Wildman–Crippen MR) is 75.8 cm³/mol. The third-order valence-corrected chi connectivity index (χ3v) is 5.61. The number of carbonyl (C=O) groups excluding carboxylic acids is 1. The normalized spacial score (nSPS) is 30.9. The molecule has 2 aliphatic rings. The summed E-state index contributed by atoms with van der Waals surface area (Å²) in [6, 6.07) is 0. The summed E-state index contributed by atoms with van der Waals surface area (Å²) < 4.78 is 31.7. The Labute approximate surface area is 120 Å². The van der Waals surface area contributed by atoms with E-state index in [1.54, 1.807) is 13.8 Å². The largest absolute Gasteiger partial charge is 0.368 e. The van der Waals surface area contributed by atoms with Crippen LogP contribution in [-0.2, 0) is 19.6 Å². The monoisotopic (exact) mass is 304 g/mol. The average molecular weight is 304 g/mol. The highest BCUT2D eigenvalue weighted by molar-refractivity contribution is 7.89. The van der Waals surface area contributed by atoms with Gasteiger partial charge in [-0.1, -0.05) is 0 Å². The molecule has 0 aromatic heterocycles. The molecule has 0 unspecified atom stereocenters. The standard InChI is InChI=1S/C13H24N2O4S/c1-3-20(17,18)14-9-12-5-4-6-13(19-12)7-8-15(10-13)11(2)16/h12,14H,3-10H2,1-2H3/t12-,13+/m0/s1. The van der Waals surface area contributed by atoms with E-state index in [1.165, 1.54) is 0 Å². The molecule has 20 heavy (non-hydrogen) atoms. The van der Waals surface area contributed by atoms with Crippen LogP contribution < -0.4 is 4.72 Å². The van der Waals surface area contributed by atoms with Crippen molar-refractivity contribution < 1.29 is 17.9 Å². The molecule has 0 aromatic rings. The Kier molecular flexibility index (Phi) is 4.71. The van der Waals surface area contributed by atoms with E-state index in [0.29, 0.717) is 13.1 Å². The minimum atomic E-state index is -3.17. The van der Waals surface area contributed by atoms with Gasteiger partial charge in [-0.15, -0.1) is 0 Å². The molecular weight excluding hydrogens is 280 g/mol. The highest BCUT2D eigenvalue weighted by Crippen LogP contribution is 2.36. The molecule has 0 aliphatic carbocycles. The number of ether oxygens (including phenoxy) is 1. The smallest absolute Gasteiger partial charge is 0.219 e. The molecule has 0 aromatic carbocycles. The Morgan fingerprint density at radius 3 is 2.80 bits per heavy atom. The molecular formula is C13H24N2O4S. The summed E-state index contributed by atoms with van der Waals surface area (Å²) in [6.07, 6.45) is 3.60. The molecule has 2 saturated heterocycles. The van der Waals surface area contributed by atoms with Crippen LogP contribution in [0, 0.1) is 0 Å². The molecule has 0 saturated carbocycles. The zero-order chi connectivity index (χ0) is 14.8. The zero-order valence-electron chi connectivity index (χ0n) is 12.2. The van der Waals surface area contributed by atoms with E-state index in [9.17, 15) is 13.2 Å². The number of sulfonamides is 1. The number of amides is 1. The SMILES string of the molecule is CCS(=O)(=O)NC[C@@H]1CCC[C@]2(CCN(C(C)=O)C2)O1. The number of rotatable bonds is 4. The van der Waals surface area contributed by atoms with Crippen LogP contribution in [0.25, 0.3) is 0 Å². The first-order chi connectivity index (χ1) is 9.36. The second-order valence-corrected chi connectivity index (χ2v) is 7.85. The lowest BCUT2D eigenvalue weighted by Gasteiger charge is -2.38. The summed E-state index contributed by atoms with van der Waals surface area (Å²) in [5, 5.41) is 0. The highest BCUT2D eigenvalue weighted by Gasteiger charge is 2.43. The molecule has 1 spiro atoms. The first kappa shape index (κ1) is 15.7. The second kappa shape index (κ2) is 5.99. The fraction of sp³-hybridized carbons (Fsp3) is 0.923. The van der Waals surface area contributed by atoms with Crippen LogP contribution >= 0.6 is 0 Å². The van der Waals surface area contributed by atoms with Crippen molar-refractivity contribution in [2.24, 2.45) is 0 Å². The lowest BCUT2D eigenvalue weighted by molar-refractivity contribution is -0.135. The minimum absolute atomic E-state index is 0.0827. The van der Waals surface area contributed by atoms with E-state index < -0.39 is 10.0 Å². The summed E-state index contributed by atoms with van der Waals surface area (Å²) in [5.74, 6) is 0.169. The molecule has 2 aliphatic heterocycles. The van der Waals surface area contributed by atoms with Gasteiger partial charge >= 0.3 is 0 Å². The van der Waals surface area contributed by atoms with Gasteiger partial charge in [0.05, 0.1) is 17.5 Å². The summed E-state index contributed by atoms with van der Waals surface area (Å²) in [7, 11) is -3.17. The number of carbonyl (C=O) groups is 1. The van der Waals surface area contributed by atoms with Gasteiger partial charge in [-0.3, -0.25) is 4.79 Å². The van der Waals surface area contributed by atoms with Gasteiger partial charge in [-0.05, 0) is 32.6 Å². The van der Waals surface area contributed by atoms with Crippen molar-refractivity contribution >= 4 is 15.9 Å². The molecule has 2 atom stereocenters. The molecule has 2 fully saturated rings. The Morgan fingerprint density at radius 2 is 2.20 bits per heavy atom. The summed E-state index contributed by atoms with van der Waals surface area (Å²) in [6.45, 7) is 4.90. The Bertz CT molecular complexity index is 465. The molecule has 2 rings (SSSR count). The van der Waals surface area contributed by atoms with Crippen LogP contribution in [0.3, 0.4) is 0 Å². The number of nitrogens with one attached hydrogen (secondary N) is 1. The number of hydrogen-bond acceptors (Lipinski definition) is 4. The van der Waals surface area contributed by atoms with E-state index in [0.717, 1.165) is 32.2 Å². The van der Waals surface area contributed by atoms with E-state index in [1.807, 2.05) is 4.90 Å². The van der Waals surface area contributed by atoms with Gasteiger partial charge in [-0.2, -0.15) is 0 Å². The zero-order valence-corrected chi connectivity index (χ0v) is 13.0. The topological polar surface area (TPSA) is 75.7 Å². The predicted octanol–water partition coefficient (Wildman–Crippen LogP) is 0.486. The van der Waals surface area contributed by atoms with Crippen molar-refractivity contribution in [3.8, 4) is 0 Å². The van der Waals surface area contributed by atoms with Gasteiger partial charge in [0.1, 0.15) is 0 Å². The summed E-state index contributed by atoms with van der Waals surface area (Å²) >= 11 is 0. The quantitative estimate of drug-likeness (QED) is 0.820. The van der Waals surface area contributed by atoms with Gasteiger partial charge in [0.25, 0.3) is 0 Å². The Balaban J connectivity index is 1.91.